The molecule has 2 unspecified atom stereocenters. The van der Waals surface area contributed by atoms with Gasteiger partial charge in [-0.2, -0.15) is 0 Å². The van der Waals surface area contributed by atoms with Gasteiger partial charge in [0.25, 0.3) is 0 Å². The number of nitrogens with zero attached hydrogens (tertiary/aromatic N) is 1. The van der Waals surface area contributed by atoms with E-state index in [1.54, 1.807) is 0 Å². The Morgan fingerprint density at radius 2 is 1.76 bits per heavy atom. The van der Waals surface area contributed by atoms with Crippen LogP contribution in [0.15, 0.2) is 0 Å². The van der Waals surface area contributed by atoms with Crippen molar-refractivity contribution in [2.75, 3.05) is 6.54 Å². The molecule has 0 aliphatic carbocycles. The van der Waals surface area contributed by atoms with Crippen LogP contribution in [0.3, 0.4) is 0 Å². The second kappa shape index (κ2) is 5.85. The third kappa shape index (κ3) is 3.98. The van der Waals surface area contributed by atoms with Gasteiger partial charge in [-0.25, -0.2) is 0 Å². The molecule has 3 nitrogen and oxygen atoms in total. The molecule has 0 radical (unpaired) electrons. The summed E-state index contributed by atoms with van der Waals surface area (Å²) in [6.07, 6.45) is 4.45. The third-order valence-electron chi connectivity index (χ3n) is 3.14. The second-order valence-corrected chi connectivity index (χ2v) is 6.34. The van der Waals surface area contributed by atoms with Gasteiger partial charge in [0.05, 0.1) is 12.2 Å². The van der Waals surface area contributed by atoms with Crippen molar-refractivity contribution in [3.63, 3.8) is 0 Å². The summed E-state index contributed by atoms with van der Waals surface area (Å²) in [5.41, 5.74) is 0.171. The summed E-state index contributed by atoms with van der Waals surface area (Å²) in [6, 6.07) is 0.0545. The molecule has 0 aromatic carbocycles. The van der Waals surface area contributed by atoms with Gasteiger partial charge in [-0.15, -0.1) is 0 Å². The van der Waals surface area contributed by atoms with Gasteiger partial charge in [0, 0.05) is 6.54 Å². The molecule has 0 bridgehead atoms. The van der Waals surface area contributed by atoms with Crippen molar-refractivity contribution in [2.45, 2.75) is 72.5 Å². The number of carbonyl (C=O) groups excluding carboxylic acids is 1. The number of carbonyl (C=O) groups is 1. The fourth-order valence-electron chi connectivity index (χ4n) is 2.45. The van der Waals surface area contributed by atoms with Crippen molar-refractivity contribution in [3.05, 3.63) is 0 Å². The Bertz CT molecular complexity index is 257. The van der Waals surface area contributed by atoms with Crippen LogP contribution in [0.1, 0.15) is 60.3 Å². The maximum atomic E-state index is 12.3. The molecule has 1 rings (SSSR count). The Kier molecular flexibility index (Phi) is 4.99. The zero-order chi connectivity index (χ0) is 13.1. The Morgan fingerprint density at radius 1 is 1.18 bits per heavy atom. The van der Waals surface area contributed by atoms with Crippen molar-refractivity contribution >= 4 is 5.91 Å². The molecule has 1 saturated heterocycles. The van der Waals surface area contributed by atoms with E-state index in [2.05, 4.69) is 44.8 Å². The second-order valence-electron chi connectivity index (χ2n) is 6.34. The zero-order valence-electron chi connectivity index (χ0n) is 12.0. The van der Waals surface area contributed by atoms with Crippen molar-refractivity contribution in [3.8, 4) is 0 Å². The third-order valence-corrected chi connectivity index (χ3v) is 3.14. The number of hydrogen-bond donors (Lipinski definition) is 1. The van der Waals surface area contributed by atoms with E-state index in [-0.39, 0.29) is 17.6 Å². The summed E-state index contributed by atoms with van der Waals surface area (Å²) in [4.78, 5) is 14.4. The van der Waals surface area contributed by atoms with E-state index in [0.29, 0.717) is 5.91 Å². The fraction of sp³-hybridized carbons (Fsp3) is 0.929. The van der Waals surface area contributed by atoms with Gasteiger partial charge in [-0.1, -0.05) is 47.5 Å². The quantitative estimate of drug-likeness (QED) is 0.801. The number of nitrogens with one attached hydrogen (secondary N) is 1. The summed E-state index contributed by atoms with van der Waals surface area (Å²) in [7, 11) is 0. The normalized spacial score (nSPS) is 25.7. The Morgan fingerprint density at radius 3 is 2.24 bits per heavy atom. The van der Waals surface area contributed by atoms with E-state index in [9.17, 15) is 4.79 Å². The van der Waals surface area contributed by atoms with Crippen molar-refractivity contribution in [1.82, 2.24) is 10.2 Å². The van der Waals surface area contributed by atoms with E-state index < -0.39 is 0 Å². The Balaban J connectivity index is 2.71. The summed E-state index contributed by atoms with van der Waals surface area (Å²) < 4.78 is 0. The van der Waals surface area contributed by atoms with Crippen LogP contribution in [0.4, 0.5) is 0 Å². The molecule has 17 heavy (non-hydrogen) atoms. The molecule has 0 aromatic heterocycles. The summed E-state index contributed by atoms with van der Waals surface area (Å²) in [6.45, 7) is 11.7. The van der Waals surface area contributed by atoms with Crippen LogP contribution in [-0.2, 0) is 4.79 Å². The van der Waals surface area contributed by atoms with Crippen LogP contribution in [0, 0.1) is 5.41 Å². The smallest absolute Gasteiger partial charge is 0.241 e. The topological polar surface area (TPSA) is 32.3 Å². The highest BCUT2D eigenvalue weighted by Gasteiger charge is 2.38. The maximum Gasteiger partial charge on any atom is 0.241 e. The lowest BCUT2D eigenvalue weighted by Crippen LogP contribution is -2.42. The van der Waals surface area contributed by atoms with Gasteiger partial charge < -0.3 is 4.90 Å². The molecule has 0 saturated carbocycles. The molecular weight excluding hydrogens is 212 g/mol. The highest BCUT2D eigenvalue weighted by molar-refractivity contribution is 5.84. The molecule has 1 heterocycles. The molecule has 0 spiro atoms. The number of amides is 1. The van der Waals surface area contributed by atoms with Gasteiger partial charge in [0.15, 0.2) is 0 Å². The molecule has 0 aromatic rings. The van der Waals surface area contributed by atoms with Crippen molar-refractivity contribution in [1.29, 1.82) is 0 Å². The molecule has 1 aliphatic rings. The first-order valence-electron chi connectivity index (χ1n) is 6.95. The molecule has 1 amide bonds. The minimum Gasteiger partial charge on any atom is -0.325 e. The summed E-state index contributed by atoms with van der Waals surface area (Å²) >= 11 is 0. The van der Waals surface area contributed by atoms with E-state index >= 15 is 0 Å². The SMILES string of the molecule is CCCC1NC(CCC)N(CC(C)(C)C)C1=O. The van der Waals surface area contributed by atoms with Gasteiger partial charge >= 0.3 is 0 Å². The first-order valence-corrected chi connectivity index (χ1v) is 6.95. The van der Waals surface area contributed by atoms with Crippen LogP contribution in [0.5, 0.6) is 0 Å². The zero-order valence-corrected chi connectivity index (χ0v) is 12.0. The Labute approximate surface area is 106 Å². The minimum absolute atomic E-state index is 0.0545. The fourth-order valence-corrected chi connectivity index (χ4v) is 2.45. The van der Waals surface area contributed by atoms with Gasteiger partial charge in [0.1, 0.15) is 0 Å². The average Bonchev–Trinajstić information content (AvgIpc) is 2.46. The lowest BCUT2D eigenvalue weighted by molar-refractivity contribution is -0.131. The van der Waals surface area contributed by atoms with Crippen LogP contribution in [-0.4, -0.2) is 29.6 Å². The molecule has 2 atom stereocenters. The Hall–Kier alpha value is -0.570. The van der Waals surface area contributed by atoms with Crippen LogP contribution in [0.25, 0.3) is 0 Å². The van der Waals surface area contributed by atoms with Gasteiger partial charge in [-0.3, -0.25) is 10.1 Å². The molecular formula is C14H28N2O. The van der Waals surface area contributed by atoms with Crippen molar-refractivity contribution in [2.24, 2.45) is 5.41 Å². The van der Waals surface area contributed by atoms with Crippen molar-refractivity contribution < 1.29 is 4.79 Å². The van der Waals surface area contributed by atoms with Crippen LogP contribution in [0.2, 0.25) is 0 Å². The standard InChI is InChI=1S/C14H28N2O/c1-6-8-11-13(17)16(10-14(3,4)5)12(15-11)9-7-2/h11-12,15H,6-10H2,1-5H3. The highest BCUT2D eigenvalue weighted by Crippen LogP contribution is 2.24. The van der Waals surface area contributed by atoms with E-state index in [4.69, 9.17) is 0 Å². The van der Waals surface area contributed by atoms with E-state index in [0.717, 1.165) is 32.2 Å². The lowest BCUT2D eigenvalue weighted by Gasteiger charge is -2.30. The maximum absolute atomic E-state index is 12.3. The summed E-state index contributed by atoms with van der Waals surface area (Å²) in [5, 5.41) is 3.49. The molecule has 1 aliphatic heterocycles. The minimum atomic E-state index is 0.0545. The lowest BCUT2D eigenvalue weighted by atomic mass is 9.95. The van der Waals surface area contributed by atoms with Crippen LogP contribution < -0.4 is 5.32 Å². The monoisotopic (exact) mass is 240 g/mol. The average molecular weight is 240 g/mol. The molecule has 3 heteroatoms. The molecule has 100 valence electrons. The highest BCUT2D eigenvalue weighted by atomic mass is 16.2. The predicted molar refractivity (Wildman–Crippen MR) is 71.7 cm³/mol. The van der Waals surface area contributed by atoms with Crippen LogP contribution >= 0.6 is 0 Å². The molecule has 1 N–H and O–H groups in total. The number of rotatable bonds is 5. The summed E-state index contributed by atoms with van der Waals surface area (Å²) in [5.74, 6) is 0.306. The molecule has 1 fully saturated rings. The van der Waals surface area contributed by atoms with E-state index in [1.807, 2.05) is 0 Å². The van der Waals surface area contributed by atoms with E-state index in [1.165, 1.54) is 0 Å². The predicted octanol–water partition coefficient (Wildman–Crippen LogP) is 2.76. The van der Waals surface area contributed by atoms with Gasteiger partial charge in [-0.05, 0) is 18.3 Å². The number of hydrogen-bond acceptors (Lipinski definition) is 2. The first-order chi connectivity index (χ1) is 7.89. The first kappa shape index (κ1) is 14.5. The largest absolute Gasteiger partial charge is 0.325 e. The van der Waals surface area contributed by atoms with Gasteiger partial charge in [0.2, 0.25) is 5.91 Å².